The molecule has 0 radical (unpaired) electrons. The first kappa shape index (κ1) is 7.04. The van der Waals surface area contributed by atoms with E-state index in [1.54, 1.807) is 0 Å². The van der Waals surface area contributed by atoms with Crippen molar-refractivity contribution in [1.82, 2.24) is 15.0 Å². The van der Waals surface area contributed by atoms with E-state index in [9.17, 15) is 13.2 Å². The molecule has 10 heavy (non-hydrogen) atoms. The van der Waals surface area contributed by atoms with E-state index in [1.807, 2.05) is 0 Å². The fraction of sp³-hybridized carbons (Fsp3) is 0.500. The number of alkyl halides is 3. The molecule has 1 heterocycles. The molecule has 56 valence electrons. The van der Waals surface area contributed by atoms with Gasteiger partial charge in [0.2, 0.25) is 0 Å². The number of aryl methyl sites for hydroxylation is 1. The Hall–Kier alpha value is -1.07. The quantitative estimate of drug-likeness (QED) is 0.549. The van der Waals surface area contributed by atoms with Crippen molar-refractivity contribution in [2.75, 3.05) is 0 Å². The van der Waals surface area contributed by atoms with E-state index in [4.69, 9.17) is 0 Å². The Morgan fingerprint density at radius 2 is 2.10 bits per heavy atom. The van der Waals surface area contributed by atoms with Gasteiger partial charge in [0.1, 0.15) is 0 Å². The number of aromatic nitrogens is 3. The third kappa shape index (κ3) is 1.09. The summed E-state index contributed by atoms with van der Waals surface area (Å²) in [5.41, 5.74) is -0.840. The van der Waals surface area contributed by atoms with Crippen molar-refractivity contribution < 1.29 is 13.2 Å². The van der Waals surface area contributed by atoms with E-state index in [0.717, 1.165) is 0 Å². The predicted octanol–water partition coefficient (Wildman–Crippen LogP) is 0.834. The van der Waals surface area contributed by atoms with Gasteiger partial charge in [0.25, 0.3) is 0 Å². The zero-order chi connectivity index (χ0) is 7.78. The molecule has 0 bridgehead atoms. The third-order valence-electron chi connectivity index (χ3n) is 1.00. The molecule has 0 saturated carbocycles. The number of nitrogens with zero attached hydrogens (tertiary/aromatic N) is 3. The molecule has 0 aliphatic rings. The van der Waals surface area contributed by atoms with Crippen LogP contribution in [-0.2, 0) is 13.2 Å². The zero-order valence-corrected chi connectivity index (χ0v) is 5.05. The number of halogens is 3. The Bertz CT molecular complexity index is 226. The van der Waals surface area contributed by atoms with Gasteiger partial charge in [-0.25, -0.2) is 4.68 Å². The second-order valence-electron chi connectivity index (χ2n) is 1.74. The van der Waals surface area contributed by atoms with Crippen LogP contribution in [-0.4, -0.2) is 15.0 Å². The van der Waals surface area contributed by atoms with Crippen LogP contribution in [0, 0.1) is 0 Å². The Morgan fingerprint density at radius 1 is 1.50 bits per heavy atom. The molecule has 0 aliphatic heterocycles. The summed E-state index contributed by atoms with van der Waals surface area (Å²) in [6.07, 6.45) is -3.67. The molecule has 0 atom stereocenters. The minimum atomic E-state index is -4.35. The van der Waals surface area contributed by atoms with Crippen LogP contribution in [0.2, 0.25) is 0 Å². The molecule has 3 nitrogen and oxygen atoms in total. The van der Waals surface area contributed by atoms with Crippen molar-refractivity contribution in [1.29, 1.82) is 0 Å². The summed E-state index contributed by atoms with van der Waals surface area (Å²) in [5.74, 6) is 0. The molecule has 0 spiro atoms. The Kier molecular flexibility index (Phi) is 1.38. The summed E-state index contributed by atoms with van der Waals surface area (Å²) in [6.45, 7) is 0. The van der Waals surface area contributed by atoms with Crippen LogP contribution in [0.1, 0.15) is 5.69 Å². The van der Waals surface area contributed by atoms with Gasteiger partial charge in [-0.3, -0.25) is 0 Å². The Morgan fingerprint density at radius 3 is 2.30 bits per heavy atom. The lowest BCUT2D eigenvalue weighted by atomic mass is 10.5. The smallest absolute Gasteiger partial charge is 0.243 e. The van der Waals surface area contributed by atoms with Crippen molar-refractivity contribution in [2.24, 2.45) is 7.05 Å². The standard InChI is InChI=1S/C4H4F3N3/c1-10-3(2-8-9-10)4(5,6)7/h2H,1H3. The lowest BCUT2D eigenvalue weighted by Gasteiger charge is -2.03. The molecule has 1 aromatic rings. The molecular weight excluding hydrogens is 147 g/mol. The molecule has 0 N–H and O–H groups in total. The highest BCUT2D eigenvalue weighted by Crippen LogP contribution is 2.27. The van der Waals surface area contributed by atoms with Gasteiger partial charge in [-0.05, 0) is 0 Å². The van der Waals surface area contributed by atoms with Crippen molar-refractivity contribution in [3.05, 3.63) is 11.9 Å². The van der Waals surface area contributed by atoms with E-state index in [1.165, 1.54) is 7.05 Å². The Labute approximate surface area is 54.5 Å². The summed E-state index contributed by atoms with van der Waals surface area (Å²) in [5, 5.41) is 6.21. The van der Waals surface area contributed by atoms with Crippen molar-refractivity contribution >= 4 is 0 Å². The van der Waals surface area contributed by atoms with E-state index >= 15 is 0 Å². The number of rotatable bonds is 0. The van der Waals surface area contributed by atoms with Crippen LogP contribution in [0.5, 0.6) is 0 Å². The minimum Gasteiger partial charge on any atom is -0.243 e. The van der Waals surface area contributed by atoms with Gasteiger partial charge in [-0.1, -0.05) is 5.21 Å². The van der Waals surface area contributed by atoms with Crippen LogP contribution >= 0.6 is 0 Å². The third-order valence-corrected chi connectivity index (χ3v) is 1.00. The van der Waals surface area contributed by atoms with Gasteiger partial charge in [-0.2, -0.15) is 13.2 Å². The van der Waals surface area contributed by atoms with Crippen LogP contribution in [0.3, 0.4) is 0 Å². The molecule has 0 unspecified atom stereocenters. The van der Waals surface area contributed by atoms with Gasteiger partial charge in [0, 0.05) is 7.05 Å². The lowest BCUT2D eigenvalue weighted by molar-refractivity contribution is -0.143. The first-order valence-corrected chi connectivity index (χ1v) is 2.43. The number of hydrogen-bond donors (Lipinski definition) is 0. The fourth-order valence-corrected chi connectivity index (χ4v) is 0.546. The van der Waals surface area contributed by atoms with Crippen LogP contribution in [0.15, 0.2) is 6.20 Å². The van der Waals surface area contributed by atoms with E-state index in [0.29, 0.717) is 10.9 Å². The Balaban J connectivity index is 3.05. The first-order chi connectivity index (χ1) is 4.52. The van der Waals surface area contributed by atoms with E-state index in [2.05, 4.69) is 10.3 Å². The molecule has 0 saturated heterocycles. The first-order valence-electron chi connectivity index (χ1n) is 2.43. The van der Waals surface area contributed by atoms with Gasteiger partial charge < -0.3 is 0 Å². The van der Waals surface area contributed by atoms with Gasteiger partial charge in [0.05, 0.1) is 6.20 Å². The monoisotopic (exact) mass is 151 g/mol. The summed E-state index contributed by atoms with van der Waals surface area (Å²) >= 11 is 0. The summed E-state index contributed by atoms with van der Waals surface area (Å²) < 4.78 is 36.0. The molecule has 1 rings (SSSR count). The topological polar surface area (TPSA) is 30.7 Å². The second-order valence-corrected chi connectivity index (χ2v) is 1.74. The zero-order valence-electron chi connectivity index (χ0n) is 5.05. The fourth-order valence-electron chi connectivity index (χ4n) is 0.546. The molecule has 0 fully saturated rings. The van der Waals surface area contributed by atoms with Crippen molar-refractivity contribution in [3.63, 3.8) is 0 Å². The van der Waals surface area contributed by atoms with E-state index in [-0.39, 0.29) is 0 Å². The maximum Gasteiger partial charge on any atom is 0.434 e. The van der Waals surface area contributed by atoms with Crippen LogP contribution in [0.25, 0.3) is 0 Å². The normalized spacial score (nSPS) is 12.0. The van der Waals surface area contributed by atoms with E-state index < -0.39 is 11.9 Å². The predicted molar refractivity (Wildman–Crippen MR) is 26.0 cm³/mol. The average molecular weight is 151 g/mol. The summed E-state index contributed by atoms with van der Waals surface area (Å²) in [4.78, 5) is 0. The maximum absolute atomic E-state index is 11.8. The molecule has 0 aromatic carbocycles. The van der Waals surface area contributed by atoms with Gasteiger partial charge in [-0.15, -0.1) is 5.10 Å². The second kappa shape index (κ2) is 1.96. The molecule has 6 heteroatoms. The molecule has 1 aromatic heterocycles. The molecule has 0 aliphatic carbocycles. The SMILES string of the molecule is Cn1nncc1C(F)(F)F. The minimum absolute atomic E-state index is 0.681. The average Bonchev–Trinajstić information content (AvgIpc) is 2.11. The highest BCUT2D eigenvalue weighted by atomic mass is 19.4. The summed E-state index contributed by atoms with van der Waals surface area (Å²) in [6, 6.07) is 0. The largest absolute Gasteiger partial charge is 0.434 e. The van der Waals surface area contributed by atoms with Crippen LogP contribution in [0.4, 0.5) is 13.2 Å². The van der Waals surface area contributed by atoms with Crippen LogP contribution < -0.4 is 0 Å². The van der Waals surface area contributed by atoms with Crippen molar-refractivity contribution in [3.8, 4) is 0 Å². The summed E-state index contributed by atoms with van der Waals surface area (Å²) in [7, 11) is 1.19. The highest BCUT2D eigenvalue weighted by Gasteiger charge is 2.34. The van der Waals surface area contributed by atoms with Gasteiger partial charge >= 0.3 is 6.18 Å². The lowest BCUT2D eigenvalue weighted by Crippen LogP contribution is -2.11. The maximum atomic E-state index is 11.8. The van der Waals surface area contributed by atoms with Gasteiger partial charge in [0.15, 0.2) is 5.69 Å². The number of hydrogen-bond acceptors (Lipinski definition) is 2. The van der Waals surface area contributed by atoms with Crippen molar-refractivity contribution in [2.45, 2.75) is 6.18 Å². The molecule has 0 amide bonds. The molecular formula is C4H4F3N3. The highest BCUT2D eigenvalue weighted by molar-refractivity contribution is 4.97.